The molecular formula is C17H19Cl2NO. The fourth-order valence-electron chi connectivity index (χ4n) is 2.10. The zero-order valence-corrected chi connectivity index (χ0v) is 13.9. The van der Waals surface area contributed by atoms with Crippen molar-refractivity contribution < 1.29 is 4.74 Å². The highest BCUT2D eigenvalue weighted by Gasteiger charge is 2.11. The summed E-state index contributed by atoms with van der Waals surface area (Å²) < 4.78 is 5.95. The summed E-state index contributed by atoms with van der Waals surface area (Å²) in [5, 5.41) is 1.39. The predicted octanol–water partition coefficient (Wildman–Crippen LogP) is 5.68. The van der Waals surface area contributed by atoms with E-state index in [2.05, 4.69) is 13.8 Å². The van der Waals surface area contributed by atoms with Gasteiger partial charge in [-0.05, 0) is 53.8 Å². The molecule has 0 atom stereocenters. The lowest BCUT2D eigenvalue weighted by molar-refractivity contribution is 0.477. The second kappa shape index (κ2) is 6.69. The minimum Gasteiger partial charge on any atom is -0.457 e. The molecule has 0 saturated heterocycles. The van der Waals surface area contributed by atoms with Gasteiger partial charge >= 0.3 is 0 Å². The number of ether oxygens (including phenoxy) is 1. The molecule has 4 heteroatoms. The smallest absolute Gasteiger partial charge is 0.130 e. The molecule has 0 aromatic heterocycles. The molecule has 0 radical (unpaired) electrons. The summed E-state index contributed by atoms with van der Waals surface area (Å²) in [5.41, 5.74) is 8.57. The fraction of sp³-hybridized carbons (Fsp3) is 0.294. The molecule has 0 fully saturated rings. The van der Waals surface area contributed by atoms with Gasteiger partial charge in [0.2, 0.25) is 0 Å². The van der Waals surface area contributed by atoms with E-state index in [1.54, 1.807) is 6.07 Å². The van der Waals surface area contributed by atoms with Gasteiger partial charge in [0.15, 0.2) is 0 Å². The van der Waals surface area contributed by atoms with Crippen molar-refractivity contribution in [2.75, 3.05) is 0 Å². The van der Waals surface area contributed by atoms with E-state index in [1.807, 2.05) is 31.2 Å². The van der Waals surface area contributed by atoms with Crippen LogP contribution in [0.1, 0.15) is 36.5 Å². The van der Waals surface area contributed by atoms with Gasteiger partial charge in [-0.25, -0.2) is 0 Å². The van der Waals surface area contributed by atoms with E-state index in [1.165, 1.54) is 0 Å². The van der Waals surface area contributed by atoms with Crippen LogP contribution in [-0.2, 0) is 6.54 Å². The molecule has 0 spiro atoms. The number of benzene rings is 2. The van der Waals surface area contributed by atoms with Crippen molar-refractivity contribution in [2.24, 2.45) is 5.73 Å². The molecule has 2 nitrogen and oxygen atoms in total. The molecule has 0 aliphatic carbocycles. The van der Waals surface area contributed by atoms with Crippen molar-refractivity contribution in [1.82, 2.24) is 0 Å². The third-order valence-electron chi connectivity index (χ3n) is 3.39. The van der Waals surface area contributed by atoms with E-state index in [4.69, 9.17) is 33.7 Å². The molecule has 2 aromatic carbocycles. The Balaban J connectivity index is 2.35. The van der Waals surface area contributed by atoms with Gasteiger partial charge in [0.25, 0.3) is 0 Å². The van der Waals surface area contributed by atoms with E-state index < -0.39 is 0 Å². The molecule has 0 aliphatic heterocycles. The molecule has 2 rings (SSSR count). The van der Waals surface area contributed by atoms with E-state index in [-0.39, 0.29) is 0 Å². The zero-order valence-electron chi connectivity index (χ0n) is 12.4. The number of nitrogens with two attached hydrogens (primary N) is 1. The predicted molar refractivity (Wildman–Crippen MR) is 89.7 cm³/mol. The van der Waals surface area contributed by atoms with Crippen molar-refractivity contribution in [3.63, 3.8) is 0 Å². The summed E-state index contributed by atoms with van der Waals surface area (Å²) in [7, 11) is 0. The first kappa shape index (κ1) is 16.2. The monoisotopic (exact) mass is 323 g/mol. The summed E-state index contributed by atoms with van der Waals surface area (Å²) in [6.45, 7) is 6.60. The van der Waals surface area contributed by atoms with Crippen LogP contribution in [-0.4, -0.2) is 0 Å². The Labute approximate surface area is 135 Å². The summed E-state index contributed by atoms with van der Waals surface area (Å²) in [6.07, 6.45) is 0. The van der Waals surface area contributed by atoms with Crippen molar-refractivity contribution in [2.45, 2.75) is 33.2 Å². The highest BCUT2D eigenvalue weighted by atomic mass is 35.5. The quantitative estimate of drug-likeness (QED) is 0.785. The lowest BCUT2D eigenvalue weighted by Gasteiger charge is -2.15. The maximum absolute atomic E-state index is 6.27. The number of halogens is 2. The largest absolute Gasteiger partial charge is 0.457 e. The van der Waals surface area contributed by atoms with E-state index >= 15 is 0 Å². The van der Waals surface area contributed by atoms with Crippen LogP contribution in [0, 0.1) is 6.92 Å². The molecular weight excluding hydrogens is 305 g/mol. The van der Waals surface area contributed by atoms with Crippen LogP contribution in [0.5, 0.6) is 11.5 Å². The molecule has 112 valence electrons. The van der Waals surface area contributed by atoms with E-state index in [0.29, 0.717) is 23.2 Å². The van der Waals surface area contributed by atoms with Crippen LogP contribution in [0.3, 0.4) is 0 Å². The number of hydrogen-bond acceptors (Lipinski definition) is 2. The third kappa shape index (κ3) is 3.70. The van der Waals surface area contributed by atoms with Gasteiger partial charge in [0.1, 0.15) is 11.5 Å². The third-order valence-corrected chi connectivity index (χ3v) is 4.07. The number of hydrogen-bond donors (Lipinski definition) is 1. The second-order valence-electron chi connectivity index (χ2n) is 5.35. The van der Waals surface area contributed by atoms with Crippen LogP contribution < -0.4 is 10.5 Å². The molecule has 0 bridgehead atoms. The van der Waals surface area contributed by atoms with Gasteiger partial charge in [-0.15, -0.1) is 0 Å². The highest BCUT2D eigenvalue weighted by Crippen LogP contribution is 2.34. The van der Waals surface area contributed by atoms with Crippen LogP contribution in [0.15, 0.2) is 30.3 Å². The SMILES string of the molecule is Cc1cc(Cl)c(C(C)C)cc1Oc1ccc(CN)c(Cl)c1. The molecule has 0 heterocycles. The molecule has 2 aromatic rings. The normalized spacial score (nSPS) is 11.0. The van der Waals surface area contributed by atoms with Crippen molar-refractivity contribution >= 4 is 23.2 Å². The average Bonchev–Trinajstić information content (AvgIpc) is 2.41. The number of aryl methyl sites for hydroxylation is 1. The van der Waals surface area contributed by atoms with Gasteiger partial charge < -0.3 is 10.5 Å². The first-order valence-corrected chi connectivity index (χ1v) is 7.64. The van der Waals surface area contributed by atoms with Gasteiger partial charge in [0, 0.05) is 16.6 Å². The van der Waals surface area contributed by atoms with Crippen LogP contribution in [0.25, 0.3) is 0 Å². The lowest BCUT2D eigenvalue weighted by atomic mass is 10.0. The Morgan fingerprint density at radius 1 is 1.10 bits per heavy atom. The topological polar surface area (TPSA) is 35.2 Å². The van der Waals surface area contributed by atoms with Crippen LogP contribution >= 0.6 is 23.2 Å². The molecule has 0 amide bonds. The Bertz CT molecular complexity index is 653. The Kier molecular flexibility index (Phi) is 5.15. The minimum atomic E-state index is 0.337. The summed E-state index contributed by atoms with van der Waals surface area (Å²) in [5.74, 6) is 1.82. The maximum atomic E-state index is 6.27. The average molecular weight is 324 g/mol. The van der Waals surface area contributed by atoms with Crippen molar-refractivity contribution in [3.8, 4) is 11.5 Å². The van der Waals surface area contributed by atoms with Gasteiger partial charge in [-0.1, -0.05) is 43.1 Å². The van der Waals surface area contributed by atoms with Crippen molar-refractivity contribution in [1.29, 1.82) is 0 Å². The second-order valence-corrected chi connectivity index (χ2v) is 6.17. The summed E-state index contributed by atoms with van der Waals surface area (Å²) >= 11 is 12.4. The molecule has 0 aliphatic rings. The molecule has 0 saturated carbocycles. The summed E-state index contributed by atoms with van der Waals surface area (Å²) in [6, 6.07) is 9.46. The molecule has 21 heavy (non-hydrogen) atoms. The molecule has 0 unspecified atom stereocenters. The maximum Gasteiger partial charge on any atom is 0.130 e. The standard InChI is InChI=1S/C17H19Cl2NO/c1-10(2)14-8-17(11(3)6-16(14)19)21-13-5-4-12(9-20)15(18)7-13/h4-8,10H,9,20H2,1-3H3. The number of rotatable bonds is 4. The Morgan fingerprint density at radius 3 is 2.38 bits per heavy atom. The van der Waals surface area contributed by atoms with Crippen LogP contribution in [0.2, 0.25) is 10.0 Å². The zero-order chi connectivity index (χ0) is 15.6. The lowest BCUT2D eigenvalue weighted by Crippen LogP contribution is -1.98. The Morgan fingerprint density at radius 2 is 1.81 bits per heavy atom. The molecule has 2 N–H and O–H groups in total. The highest BCUT2D eigenvalue weighted by molar-refractivity contribution is 6.31. The summed E-state index contributed by atoms with van der Waals surface area (Å²) in [4.78, 5) is 0. The van der Waals surface area contributed by atoms with Gasteiger partial charge in [-0.2, -0.15) is 0 Å². The van der Waals surface area contributed by atoms with Crippen LogP contribution in [0.4, 0.5) is 0 Å². The first-order chi connectivity index (χ1) is 9.92. The van der Waals surface area contributed by atoms with Crippen molar-refractivity contribution in [3.05, 3.63) is 57.1 Å². The first-order valence-electron chi connectivity index (χ1n) is 6.88. The minimum absolute atomic E-state index is 0.337. The fourth-order valence-corrected chi connectivity index (χ4v) is 2.79. The Hall–Kier alpha value is -1.22. The van der Waals surface area contributed by atoms with Gasteiger partial charge in [0.05, 0.1) is 0 Å². The van der Waals surface area contributed by atoms with E-state index in [0.717, 1.165) is 27.5 Å². The van der Waals surface area contributed by atoms with Gasteiger partial charge in [-0.3, -0.25) is 0 Å². The van der Waals surface area contributed by atoms with E-state index in [9.17, 15) is 0 Å².